The molecule has 118 valence electrons. The van der Waals surface area contributed by atoms with Gasteiger partial charge < -0.3 is 20.2 Å². The summed E-state index contributed by atoms with van der Waals surface area (Å²) in [6.45, 7) is 8.40. The molecule has 0 aliphatic carbocycles. The molecule has 3 unspecified atom stereocenters. The van der Waals surface area contributed by atoms with Crippen molar-refractivity contribution >= 4 is 6.03 Å². The van der Waals surface area contributed by atoms with Gasteiger partial charge in [-0.3, -0.25) is 0 Å². The smallest absolute Gasteiger partial charge is 0.317 e. The van der Waals surface area contributed by atoms with Crippen LogP contribution in [-0.4, -0.2) is 66.8 Å². The van der Waals surface area contributed by atoms with Crippen molar-refractivity contribution in [2.24, 2.45) is 11.8 Å². The minimum Gasteiger partial charge on any atom is -0.391 e. The van der Waals surface area contributed by atoms with E-state index in [1.54, 1.807) is 4.90 Å². The predicted octanol–water partition coefficient (Wildman–Crippen LogP) is 1.37. The van der Waals surface area contributed by atoms with Crippen LogP contribution in [0.1, 0.15) is 33.6 Å². The number of rotatable bonds is 5. The summed E-state index contributed by atoms with van der Waals surface area (Å²) < 4.78 is 0. The summed E-state index contributed by atoms with van der Waals surface area (Å²) in [6, 6.07) is 0.123. The lowest BCUT2D eigenvalue weighted by atomic mass is 9.96. The summed E-state index contributed by atoms with van der Waals surface area (Å²) in [5.41, 5.74) is 0. The fourth-order valence-corrected chi connectivity index (χ4v) is 2.69. The van der Waals surface area contributed by atoms with E-state index in [1.165, 1.54) is 0 Å². The lowest BCUT2D eigenvalue weighted by molar-refractivity contribution is 0.0426. The van der Waals surface area contributed by atoms with Crippen LogP contribution in [0.25, 0.3) is 0 Å². The Morgan fingerprint density at radius 2 is 2.10 bits per heavy atom. The monoisotopic (exact) mass is 285 g/mol. The molecule has 0 aromatic rings. The molecule has 3 atom stereocenters. The van der Waals surface area contributed by atoms with Crippen molar-refractivity contribution in [2.45, 2.75) is 45.8 Å². The normalized spacial score (nSPS) is 25.1. The zero-order chi connectivity index (χ0) is 15.3. The van der Waals surface area contributed by atoms with Crippen molar-refractivity contribution in [1.29, 1.82) is 0 Å². The summed E-state index contributed by atoms with van der Waals surface area (Å²) in [4.78, 5) is 16.2. The van der Waals surface area contributed by atoms with Crippen molar-refractivity contribution in [3.63, 3.8) is 0 Å². The molecule has 1 rings (SSSR count). The second-order valence-corrected chi connectivity index (χ2v) is 6.82. The van der Waals surface area contributed by atoms with Crippen LogP contribution in [0.15, 0.2) is 0 Å². The van der Waals surface area contributed by atoms with Gasteiger partial charge in [-0.05, 0) is 38.8 Å². The number of piperidine rings is 1. The maximum absolute atomic E-state index is 12.3. The van der Waals surface area contributed by atoms with Gasteiger partial charge in [-0.1, -0.05) is 20.8 Å². The third kappa shape index (κ3) is 5.67. The Hall–Kier alpha value is -0.810. The van der Waals surface area contributed by atoms with Gasteiger partial charge in [0, 0.05) is 25.7 Å². The molecule has 20 heavy (non-hydrogen) atoms. The van der Waals surface area contributed by atoms with Crippen molar-refractivity contribution in [2.75, 3.05) is 33.7 Å². The first-order chi connectivity index (χ1) is 9.29. The lowest BCUT2D eigenvalue weighted by Crippen LogP contribution is -2.53. The number of hydrogen-bond donors (Lipinski definition) is 2. The summed E-state index contributed by atoms with van der Waals surface area (Å²) in [5.74, 6) is 0.833. The van der Waals surface area contributed by atoms with Gasteiger partial charge in [-0.25, -0.2) is 4.79 Å². The van der Waals surface area contributed by atoms with Gasteiger partial charge in [0.05, 0.1) is 6.10 Å². The number of likely N-dealkylation sites (N-methyl/N-ethyl adjacent to an activating group) is 1. The maximum Gasteiger partial charge on any atom is 0.317 e. The minimum absolute atomic E-state index is 0.0385. The van der Waals surface area contributed by atoms with E-state index in [-0.39, 0.29) is 18.0 Å². The highest BCUT2D eigenvalue weighted by atomic mass is 16.3. The van der Waals surface area contributed by atoms with E-state index in [0.29, 0.717) is 12.5 Å². The summed E-state index contributed by atoms with van der Waals surface area (Å²) in [7, 11) is 4.04. The van der Waals surface area contributed by atoms with Gasteiger partial charge in [0.25, 0.3) is 0 Å². The van der Waals surface area contributed by atoms with E-state index < -0.39 is 6.10 Å². The van der Waals surface area contributed by atoms with E-state index in [0.717, 1.165) is 25.9 Å². The number of aliphatic hydroxyl groups is 1. The molecular formula is C15H31N3O2. The van der Waals surface area contributed by atoms with Crippen molar-refractivity contribution in [3.05, 3.63) is 0 Å². The Kier molecular flexibility index (Phi) is 6.76. The largest absolute Gasteiger partial charge is 0.391 e. The predicted molar refractivity (Wildman–Crippen MR) is 81.7 cm³/mol. The first-order valence-corrected chi connectivity index (χ1v) is 7.67. The zero-order valence-corrected chi connectivity index (χ0v) is 13.6. The highest BCUT2D eigenvalue weighted by Crippen LogP contribution is 2.17. The molecule has 0 aromatic carbocycles. The standard InChI is InChI=1S/C15H31N3O2/c1-11(2)8-13(9-17(4)5)16-15(20)18-7-6-12(3)14(19)10-18/h11-14,19H,6-10H2,1-5H3,(H,16,20). The number of carbonyl (C=O) groups excluding carboxylic acids is 1. The Bertz CT molecular complexity index is 297. The van der Waals surface area contributed by atoms with Gasteiger partial charge in [-0.15, -0.1) is 0 Å². The molecule has 0 bridgehead atoms. The molecule has 1 saturated heterocycles. The van der Waals surface area contributed by atoms with Crippen LogP contribution in [-0.2, 0) is 0 Å². The molecule has 5 nitrogen and oxygen atoms in total. The van der Waals surface area contributed by atoms with Gasteiger partial charge in [-0.2, -0.15) is 0 Å². The summed E-state index contributed by atoms with van der Waals surface area (Å²) >= 11 is 0. The first-order valence-electron chi connectivity index (χ1n) is 7.67. The van der Waals surface area contributed by atoms with Crippen LogP contribution in [0.2, 0.25) is 0 Å². The van der Waals surface area contributed by atoms with E-state index >= 15 is 0 Å². The quantitative estimate of drug-likeness (QED) is 0.802. The summed E-state index contributed by atoms with van der Waals surface area (Å²) in [5, 5.41) is 13.0. The van der Waals surface area contributed by atoms with Crippen LogP contribution in [0.5, 0.6) is 0 Å². The number of nitrogens with zero attached hydrogens (tertiary/aromatic N) is 2. The number of nitrogens with one attached hydrogen (secondary N) is 1. The Morgan fingerprint density at radius 3 is 2.60 bits per heavy atom. The molecule has 1 heterocycles. The van der Waals surface area contributed by atoms with Gasteiger partial charge in [0.2, 0.25) is 0 Å². The SMILES string of the molecule is CC(C)CC(CN(C)C)NC(=O)N1CCC(C)C(O)C1. The van der Waals surface area contributed by atoms with Gasteiger partial charge in [0.15, 0.2) is 0 Å². The molecule has 2 N–H and O–H groups in total. The van der Waals surface area contributed by atoms with E-state index in [2.05, 4.69) is 24.1 Å². The average Bonchev–Trinajstić information content (AvgIpc) is 2.30. The third-order valence-corrected chi connectivity index (χ3v) is 3.87. The fraction of sp³-hybridized carbons (Fsp3) is 0.933. The fourth-order valence-electron chi connectivity index (χ4n) is 2.69. The highest BCUT2D eigenvalue weighted by molar-refractivity contribution is 5.74. The maximum atomic E-state index is 12.3. The second kappa shape index (κ2) is 7.84. The van der Waals surface area contributed by atoms with Crippen LogP contribution >= 0.6 is 0 Å². The van der Waals surface area contributed by atoms with E-state index in [1.807, 2.05) is 21.0 Å². The van der Waals surface area contributed by atoms with Crippen LogP contribution in [0, 0.1) is 11.8 Å². The van der Waals surface area contributed by atoms with E-state index in [4.69, 9.17) is 0 Å². The molecule has 1 aliphatic heterocycles. The number of carbonyl (C=O) groups is 1. The molecule has 0 saturated carbocycles. The van der Waals surface area contributed by atoms with E-state index in [9.17, 15) is 9.90 Å². The van der Waals surface area contributed by atoms with Crippen molar-refractivity contribution < 1.29 is 9.90 Å². The molecular weight excluding hydrogens is 254 g/mol. The van der Waals surface area contributed by atoms with Crippen LogP contribution < -0.4 is 5.32 Å². The van der Waals surface area contributed by atoms with Crippen LogP contribution in [0.3, 0.4) is 0 Å². The molecule has 0 radical (unpaired) electrons. The number of likely N-dealkylation sites (tertiary alicyclic amines) is 1. The lowest BCUT2D eigenvalue weighted by Gasteiger charge is -2.35. The number of urea groups is 1. The number of amides is 2. The molecule has 1 aliphatic rings. The molecule has 5 heteroatoms. The van der Waals surface area contributed by atoms with Crippen molar-refractivity contribution in [1.82, 2.24) is 15.1 Å². The Morgan fingerprint density at radius 1 is 1.45 bits per heavy atom. The van der Waals surface area contributed by atoms with Crippen LogP contribution in [0.4, 0.5) is 4.79 Å². The highest BCUT2D eigenvalue weighted by Gasteiger charge is 2.28. The third-order valence-electron chi connectivity index (χ3n) is 3.87. The van der Waals surface area contributed by atoms with Crippen molar-refractivity contribution in [3.8, 4) is 0 Å². The summed E-state index contributed by atoms with van der Waals surface area (Å²) in [6.07, 6.45) is 1.44. The first kappa shape index (κ1) is 17.2. The Labute approximate surface area is 123 Å². The molecule has 0 spiro atoms. The second-order valence-electron chi connectivity index (χ2n) is 6.82. The average molecular weight is 285 g/mol. The molecule has 1 fully saturated rings. The number of hydrogen-bond acceptors (Lipinski definition) is 3. The zero-order valence-electron chi connectivity index (χ0n) is 13.6. The van der Waals surface area contributed by atoms with Gasteiger partial charge >= 0.3 is 6.03 Å². The number of β-amino-alcohol motifs (C(OH)–C–C–N with tert-alkyl or cyclic N) is 1. The molecule has 0 aromatic heterocycles. The minimum atomic E-state index is -0.396. The topological polar surface area (TPSA) is 55.8 Å². The number of aliphatic hydroxyl groups excluding tert-OH is 1. The molecule has 2 amide bonds. The van der Waals surface area contributed by atoms with Gasteiger partial charge in [0.1, 0.15) is 0 Å². The Balaban J connectivity index is 2.52.